The first-order valence-corrected chi connectivity index (χ1v) is 10.9. The van der Waals surface area contributed by atoms with Crippen molar-refractivity contribution in [3.05, 3.63) is 87.8 Å². The molecule has 2 amide bonds. The van der Waals surface area contributed by atoms with E-state index in [0.717, 1.165) is 23.7 Å². The standard InChI is InChI=1S/C23H24N4O3S/c1-2-16-8-10-18(11-9-16)25-22(30)15-31-23-26-19(13-21(29)27-23)12-20(28)24-14-17-6-4-3-5-7-17/h3-11,13H,2,12,14-15H2,1H3,(H,24,28)(H,25,30)(H,26,27,29). The molecule has 160 valence electrons. The van der Waals surface area contributed by atoms with Crippen LogP contribution in [0.15, 0.2) is 70.6 Å². The molecule has 0 aliphatic heterocycles. The monoisotopic (exact) mass is 436 g/mol. The number of aromatic amines is 1. The van der Waals surface area contributed by atoms with Gasteiger partial charge in [-0.15, -0.1) is 0 Å². The molecule has 0 atom stereocenters. The molecule has 8 heteroatoms. The van der Waals surface area contributed by atoms with E-state index in [4.69, 9.17) is 0 Å². The third-order valence-electron chi connectivity index (χ3n) is 4.43. The van der Waals surface area contributed by atoms with Gasteiger partial charge in [0.25, 0.3) is 5.56 Å². The molecule has 3 N–H and O–H groups in total. The zero-order valence-electron chi connectivity index (χ0n) is 17.2. The molecule has 0 fully saturated rings. The molecule has 2 aromatic carbocycles. The second-order valence-corrected chi connectivity index (χ2v) is 7.83. The highest BCUT2D eigenvalue weighted by Crippen LogP contribution is 2.14. The van der Waals surface area contributed by atoms with E-state index in [2.05, 4.69) is 27.5 Å². The first kappa shape index (κ1) is 22.3. The molecular weight excluding hydrogens is 412 g/mol. The molecule has 3 aromatic rings. The Hall–Kier alpha value is -3.39. The topological polar surface area (TPSA) is 104 Å². The zero-order chi connectivity index (χ0) is 22.1. The van der Waals surface area contributed by atoms with Crippen LogP contribution in [0.4, 0.5) is 5.69 Å². The maximum atomic E-state index is 12.2. The number of nitrogens with zero attached hydrogens (tertiary/aromatic N) is 1. The van der Waals surface area contributed by atoms with Crippen molar-refractivity contribution >= 4 is 29.3 Å². The predicted octanol–water partition coefficient (Wildman–Crippen LogP) is 2.92. The molecule has 0 aliphatic rings. The van der Waals surface area contributed by atoms with Gasteiger partial charge in [-0.2, -0.15) is 0 Å². The lowest BCUT2D eigenvalue weighted by Gasteiger charge is -2.07. The summed E-state index contributed by atoms with van der Waals surface area (Å²) in [5.41, 5.74) is 2.89. The van der Waals surface area contributed by atoms with E-state index in [0.29, 0.717) is 23.1 Å². The smallest absolute Gasteiger partial charge is 0.251 e. The minimum Gasteiger partial charge on any atom is -0.352 e. The van der Waals surface area contributed by atoms with Crippen molar-refractivity contribution in [2.24, 2.45) is 0 Å². The summed E-state index contributed by atoms with van der Waals surface area (Å²) in [4.78, 5) is 43.2. The van der Waals surface area contributed by atoms with Crippen molar-refractivity contribution in [1.82, 2.24) is 15.3 Å². The SMILES string of the molecule is CCc1ccc(NC(=O)CSc2nc(CC(=O)NCc3ccccc3)cc(=O)[nH]2)cc1. The van der Waals surface area contributed by atoms with Crippen LogP contribution in [0.25, 0.3) is 0 Å². The molecule has 1 heterocycles. The van der Waals surface area contributed by atoms with Crippen LogP contribution in [0.3, 0.4) is 0 Å². The summed E-state index contributed by atoms with van der Waals surface area (Å²) in [5.74, 6) is -0.351. The van der Waals surface area contributed by atoms with Crippen LogP contribution in [0.2, 0.25) is 0 Å². The van der Waals surface area contributed by atoms with Crippen LogP contribution in [-0.4, -0.2) is 27.5 Å². The zero-order valence-corrected chi connectivity index (χ0v) is 18.0. The van der Waals surface area contributed by atoms with E-state index in [1.807, 2.05) is 54.6 Å². The number of anilines is 1. The number of nitrogens with one attached hydrogen (secondary N) is 3. The average Bonchev–Trinajstić information content (AvgIpc) is 2.77. The lowest BCUT2D eigenvalue weighted by Crippen LogP contribution is -2.26. The van der Waals surface area contributed by atoms with Crippen LogP contribution in [0.5, 0.6) is 0 Å². The van der Waals surface area contributed by atoms with Crippen LogP contribution in [-0.2, 0) is 29.0 Å². The van der Waals surface area contributed by atoms with E-state index in [1.54, 1.807) is 0 Å². The number of thioether (sulfide) groups is 1. The number of H-pyrrole nitrogens is 1. The number of hydrogen-bond acceptors (Lipinski definition) is 5. The van der Waals surface area contributed by atoms with Crippen molar-refractivity contribution in [3.63, 3.8) is 0 Å². The molecule has 0 saturated heterocycles. The molecule has 1 aromatic heterocycles. The Labute approximate surface area is 184 Å². The minimum atomic E-state index is -0.362. The summed E-state index contributed by atoms with van der Waals surface area (Å²) >= 11 is 1.11. The van der Waals surface area contributed by atoms with Crippen LogP contribution in [0, 0.1) is 0 Å². The number of rotatable bonds is 9. The van der Waals surface area contributed by atoms with Gasteiger partial charge in [-0.05, 0) is 29.7 Å². The van der Waals surface area contributed by atoms with E-state index in [1.165, 1.54) is 11.6 Å². The number of benzene rings is 2. The molecule has 0 aliphatic carbocycles. The van der Waals surface area contributed by atoms with Gasteiger partial charge in [-0.1, -0.05) is 61.2 Å². The number of aryl methyl sites for hydroxylation is 1. The van der Waals surface area contributed by atoms with Gasteiger partial charge in [-0.25, -0.2) is 4.98 Å². The highest BCUT2D eigenvalue weighted by Gasteiger charge is 2.10. The second kappa shape index (κ2) is 11.1. The first-order chi connectivity index (χ1) is 15.0. The lowest BCUT2D eigenvalue weighted by atomic mass is 10.1. The van der Waals surface area contributed by atoms with Crippen molar-refractivity contribution in [2.45, 2.75) is 31.5 Å². The highest BCUT2D eigenvalue weighted by atomic mass is 32.2. The molecule has 0 saturated carbocycles. The first-order valence-electron chi connectivity index (χ1n) is 9.94. The van der Waals surface area contributed by atoms with Gasteiger partial charge in [0.2, 0.25) is 11.8 Å². The third kappa shape index (κ3) is 7.42. The maximum Gasteiger partial charge on any atom is 0.251 e. The molecule has 0 unspecified atom stereocenters. The lowest BCUT2D eigenvalue weighted by molar-refractivity contribution is -0.120. The fraction of sp³-hybridized carbons (Fsp3) is 0.217. The van der Waals surface area contributed by atoms with Crippen molar-refractivity contribution in [2.75, 3.05) is 11.1 Å². The van der Waals surface area contributed by atoms with E-state index < -0.39 is 0 Å². The summed E-state index contributed by atoms with van der Waals surface area (Å²) in [6.45, 7) is 2.48. The Morgan fingerprint density at radius 3 is 2.45 bits per heavy atom. The van der Waals surface area contributed by atoms with Gasteiger partial charge in [0, 0.05) is 18.3 Å². The largest absolute Gasteiger partial charge is 0.352 e. The fourth-order valence-corrected chi connectivity index (χ4v) is 3.52. The summed E-state index contributed by atoms with van der Waals surface area (Å²) < 4.78 is 0. The number of amides is 2. The Morgan fingerprint density at radius 1 is 1.00 bits per heavy atom. The predicted molar refractivity (Wildman–Crippen MR) is 122 cm³/mol. The number of aromatic nitrogens is 2. The molecule has 7 nitrogen and oxygen atoms in total. The summed E-state index contributed by atoms with van der Waals surface area (Å²) in [6.07, 6.45) is 0.921. The summed E-state index contributed by atoms with van der Waals surface area (Å²) in [5, 5.41) is 5.92. The Morgan fingerprint density at radius 2 is 1.74 bits per heavy atom. The van der Waals surface area contributed by atoms with Gasteiger partial charge in [0.15, 0.2) is 5.16 Å². The maximum absolute atomic E-state index is 12.2. The van der Waals surface area contributed by atoms with Gasteiger partial charge in [0.05, 0.1) is 17.9 Å². The molecule has 0 radical (unpaired) electrons. The number of carbonyl (C=O) groups is 2. The van der Waals surface area contributed by atoms with Crippen LogP contribution >= 0.6 is 11.8 Å². The number of hydrogen-bond donors (Lipinski definition) is 3. The normalized spacial score (nSPS) is 10.5. The molecule has 0 bridgehead atoms. The summed E-state index contributed by atoms with van der Waals surface area (Å²) in [7, 11) is 0. The van der Waals surface area contributed by atoms with Gasteiger partial charge in [-0.3, -0.25) is 14.4 Å². The second-order valence-electron chi connectivity index (χ2n) is 6.87. The highest BCUT2D eigenvalue weighted by molar-refractivity contribution is 7.99. The van der Waals surface area contributed by atoms with Crippen molar-refractivity contribution < 1.29 is 9.59 Å². The molecule has 31 heavy (non-hydrogen) atoms. The van der Waals surface area contributed by atoms with E-state index in [9.17, 15) is 14.4 Å². The minimum absolute atomic E-state index is 0.0136. The molecular formula is C23H24N4O3S. The average molecular weight is 437 g/mol. The third-order valence-corrected chi connectivity index (χ3v) is 5.31. The van der Waals surface area contributed by atoms with Crippen LogP contribution in [0.1, 0.15) is 23.7 Å². The summed E-state index contributed by atoms with van der Waals surface area (Å²) in [6, 6.07) is 18.5. The Balaban J connectivity index is 1.51. The fourth-order valence-electron chi connectivity index (χ4n) is 2.82. The van der Waals surface area contributed by atoms with Gasteiger partial charge < -0.3 is 15.6 Å². The van der Waals surface area contributed by atoms with E-state index in [-0.39, 0.29) is 29.5 Å². The van der Waals surface area contributed by atoms with Crippen molar-refractivity contribution in [3.8, 4) is 0 Å². The molecule has 3 rings (SSSR count). The van der Waals surface area contributed by atoms with Crippen LogP contribution < -0.4 is 16.2 Å². The van der Waals surface area contributed by atoms with Gasteiger partial charge in [0.1, 0.15) is 0 Å². The molecule has 0 spiro atoms. The van der Waals surface area contributed by atoms with Gasteiger partial charge >= 0.3 is 0 Å². The number of carbonyl (C=O) groups excluding carboxylic acids is 2. The Kier molecular flexibility index (Phi) is 8.00. The van der Waals surface area contributed by atoms with E-state index >= 15 is 0 Å². The Bertz CT molecular complexity index is 1080. The van der Waals surface area contributed by atoms with Crippen molar-refractivity contribution in [1.29, 1.82) is 0 Å². The quantitative estimate of drug-likeness (QED) is 0.353.